The van der Waals surface area contributed by atoms with Crippen molar-refractivity contribution in [1.29, 1.82) is 0 Å². The molecule has 1 aromatic carbocycles. The summed E-state index contributed by atoms with van der Waals surface area (Å²) in [5, 5.41) is 2.47. The van der Waals surface area contributed by atoms with Crippen molar-refractivity contribution >= 4 is 17.5 Å². The fraction of sp³-hybridized carbons (Fsp3) is 0.385. The van der Waals surface area contributed by atoms with Crippen LogP contribution in [-0.2, 0) is 9.53 Å². The number of benzene rings is 1. The third-order valence-corrected chi connectivity index (χ3v) is 2.92. The molecule has 0 atom stereocenters. The molecule has 22 heavy (non-hydrogen) atoms. The molecule has 1 heterocycles. The molecule has 2 amide bonds. The van der Waals surface area contributed by atoms with E-state index in [1.54, 1.807) is 0 Å². The Labute approximate surface area is 123 Å². The number of halogens is 3. The maximum absolute atomic E-state index is 12.3. The van der Waals surface area contributed by atoms with Crippen LogP contribution in [0.3, 0.4) is 0 Å². The van der Waals surface area contributed by atoms with E-state index in [1.807, 2.05) is 0 Å². The minimum atomic E-state index is -4.86. The number of nitrogens with one attached hydrogen (secondary N) is 1. The van der Waals surface area contributed by atoms with Crippen LogP contribution in [0.25, 0.3) is 0 Å². The van der Waals surface area contributed by atoms with Gasteiger partial charge in [0.2, 0.25) is 5.91 Å². The molecule has 0 aromatic heterocycles. The maximum atomic E-state index is 12.3. The third-order valence-electron chi connectivity index (χ3n) is 2.92. The first kappa shape index (κ1) is 16.1. The lowest BCUT2D eigenvalue weighted by Gasteiger charge is -2.19. The molecule has 0 bridgehead atoms. The molecule has 1 N–H and O–H groups in total. The summed E-state index contributed by atoms with van der Waals surface area (Å²) in [5.74, 6) is -1.53. The second kappa shape index (κ2) is 6.22. The second-order valence-electron chi connectivity index (χ2n) is 4.52. The fourth-order valence-corrected chi connectivity index (χ4v) is 1.99. The molecule has 0 radical (unpaired) electrons. The summed E-state index contributed by atoms with van der Waals surface area (Å²) in [7, 11) is 1.44. The van der Waals surface area contributed by atoms with Crippen molar-refractivity contribution in [3.05, 3.63) is 23.8 Å². The highest BCUT2D eigenvalue weighted by Gasteiger charge is 2.32. The number of ether oxygens (including phenoxy) is 2. The van der Waals surface area contributed by atoms with Gasteiger partial charge in [-0.25, -0.2) is 0 Å². The van der Waals surface area contributed by atoms with E-state index in [4.69, 9.17) is 4.74 Å². The predicted octanol–water partition coefficient (Wildman–Crippen LogP) is 1.63. The van der Waals surface area contributed by atoms with Gasteiger partial charge < -0.3 is 19.7 Å². The van der Waals surface area contributed by atoms with E-state index in [0.717, 1.165) is 12.1 Å². The van der Waals surface area contributed by atoms with E-state index in [2.05, 4.69) is 10.1 Å². The minimum Gasteiger partial charge on any atom is -0.406 e. The van der Waals surface area contributed by atoms with E-state index in [0.29, 0.717) is 0 Å². The molecule has 6 nitrogen and oxygen atoms in total. The lowest BCUT2D eigenvalue weighted by atomic mass is 10.1. The van der Waals surface area contributed by atoms with Gasteiger partial charge in [-0.05, 0) is 18.2 Å². The smallest absolute Gasteiger partial charge is 0.406 e. The Morgan fingerprint density at radius 3 is 2.68 bits per heavy atom. The van der Waals surface area contributed by atoms with Crippen LogP contribution in [0, 0.1) is 0 Å². The topological polar surface area (TPSA) is 67.9 Å². The van der Waals surface area contributed by atoms with Crippen LogP contribution in [0.1, 0.15) is 10.4 Å². The molecule has 0 saturated carbocycles. The number of anilines is 1. The molecule has 120 valence electrons. The van der Waals surface area contributed by atoms with Crippen molar-refractivity contribution < 1.29 is 32.2 Å². The maximum Gasteiger partial charge on any atom is 0.573 e. The average molecular weight is 318 g/mol. The largest absolute Gasteiger partial charge is 0.573 e. The number of nitrogens with zero attached hydrogens (tertiary/aromatic N) is 1. The van der Waals surface area contributed by atoms with Gasteiger partial charge in [-0.2, -0.15) is 0 Å². The summed E-state index contributed by atoms with van der Waals surface area (Å²) in [4.78, 5) is 25.3. The van der Waals surface area contributed by atoms with Crippen LogP contribution in [0.2, 0.25) is 0 Å². The standard InChI is InChI=1S/C13H13F3N2O4/c1-21-5-4-18-7-11(19)17-10-3-2-8(22-13(14,15)16)6-9(10)12(18)20/h2-3,6H,4-5,7H2,1H3,(H,17,19). The first-order valence-corrected chi connectivity index (χ1v) is 6.28. The van der Waals surface area contributed by atoms with E-state index in [1.165, 1.54) is 18.1 Å². The van der Waals surface area contributed by atoms with Gasteiger partial charge in [-0.1, -0.05) is 0 Å². The van der Waals surface area contributed by atoms with E-state index >= 15 is 0 Å². The lowest BCUT2D eigenvalue weighted by molar-refractivity contribution is -0.274. The van der Waals surface area contributed by atoms with Gasteiger partial charge in [-0.3, -0.25) is 9.59 Å². The average Bonchev–Trinajstić information content (AvgIpc) is 2.53. The summed E-state index contributed by atoms with van der Waals surface area (Å²) in [5.41, 5.74) is 0.0770. The Balaban J connectivity index is 2.33. The zero-order chi connectivity index (χ0) is 16.3. The number of carbonyl (C=O) groups is 2. The Hall–Kier alpha value is -2.29. The highest BCUT2D eigenvalue weighted by atomic mass is 19.4. The zero-order valence-electron chi connectivity index (χ0n) is 11.6. The van der Waals surface area contributed by atoms with E-state index in [9.17, 15) is 22.8 Å². The van der Waals surface area contributed by atoms with Gasteiger partial charge in [0, 0.05) is 13.7 Å². The molecule has 1 aliphatic heterocycles. The molecule has 1 aromatic rings. The van der Waals surface area contributed by atoms with Crippen molar-refractivity contribution in [3.8, 4) is 5.75 Å². The molecular weight excluding hydrogens is 305 g/mol. The molecule has 1 aliphatic rings. The molecule has 2 rings (SSSR count). The number of amides is 2. The van der Waals surface area contributed by atoms with Crippen LogP contribution in [0.5, 0.6) is 5.75 Å². The van der Waals surface area contributed by atoms with E-state index in [-0.39, 0.29) is 30.9 Å². The molecule has 9 heteroatoms. The fourth-order valence-electron chi connectivity index (χ4n) is 1.99. The lowest BCUT2D eigenvalue weighted by Crippen LogP contribution is -2.37. The summed E-state index contributed by atoms with van der Waals surface area (Å²) in [6, 6.07) is 3.19. The van der Waals surface area contributed by atoms with Crippen molar-refractivity contribution in [2.45, 2.75) is 6.36 Å². The van der Waals surface area contributed by atoms with Crippen LogP contribution >= 0.6 is 0 Å². The van der Waals surface area contributed by atoms with Gasteiger partial charge in [0.1, 0.15) is 12.3 Å². The van der Waals surface area contributed by atoms with Crippen molar-refractivity contribution in [2.24, 2.45) is 0 Å². The predicted molar refractivity (Wildman–Crippen MR) is 69.5 cm³/mol. The van der Waals surface area contributed by atoms with Gasteiger partial charge in [0.05, 0.1) is 17.9 Å². The number of rotatable bonds is 4. The van der Waals surface area contributed by atoms with Gasteiger partial charge in [0.15, 0.2) is 0 Å². The van der Waals surface area contributed by atoms with Crippen LogP contribution in [-0.4, -0.2) is 49.9 Å². The Bertz CT molecular complexity index is 589. The minimum absolute atomic E-state index is 0.0660. The Morgan fingerprint density at radius 1 is 1.32 bits per heavy atom. The SMILES string of the molecule is COCCN1CC(=O)Nc2ccc(OC(F)(F)F)cc2C1=O. The molecule has 0 aliphatic carbocycles. The van der Waals surface area contributed by atoms with Crippen LogP contribution < -0.4 is 10.1 Å². The first-order chi connectivity index (χ1) is 10.3. The Kier molecular flexibility index (Phi) is 4.55. The summed E-state index contributed by atoms with van der Waals surface area (Å²) < 4.78 is 45.4. The zero-order valence-corrected chi connectivity index (χ0v) is 11.6. The van der Waals surface area contributed by atoms with Gasteiger partial charge in [0.25, 0.3) is 5.91 Å². The van der Waals surface area contributed by atoms with E-state index < -0.39 is 23.9 Å². The molecule has 0 spiro atoms. The van der Waals surface area contributed by atoms with Crippen molar-refractivity contribution in [1.82, 2.24) is 4.90 Å². The van der Waals surface area contributed by atoms with Gasteiger partial charge in [-0.15, -0.1) is 13.2 Å². The molecule has 0 unspecified atom stereocenters. The number of hydrogen-bond donors (Lipinski definition) is 1. The number of alkyl halides is 3. The van der Waals surface area contributed by atoms with Crippen molar-refractivity contribution in [2.75, 3.05) is 32.1 Å². The van der Waals surface area contributed by atoms with Crippen LogP contribution in [0.15, 0.2) is 18.2 Å². The number of carbonyl (C=O) groups excluding carboxylic acids is 2. The summed E-state index contributed by atoms with van der Waals surface area (Å²) in [6.07, 6.45) is -4.86. The molecular formula is C13H13F3N2O4. The number of hydrogen-bond acceptors (Lipinski definition) is 4. The quantitative estimate of drug-likeness (QED) is 0.916. The number of fused-ring (bicyclic) bond motifs is 1. The molecule has 0 saturated heterocycles. The summed E-state index contributed by atoms with van der Waals surface area (Å²) in [6.45, 7) is 0.145. The third kappa shape index (κ3) is 3.88. The van der Waals surface area contributed by atoms with Crippen molar-refractivity contribution in [3.63, 3.8) is 0 Å². The first-order valence-electron chi connectivity index (χ1n) is 6.28. The highest BCUT2D eigenvalue weighted by molar-refractivity contribution is 6.08. The normalized spacial score (nSPS) is 15.2. The molecule has 0 fully saturated rings. The van der Waals surface area contributed by atoms with Gasteiger partial charge >= 0.3 is 6.36 Å². The highest BCUT2D eigenvalue weighted by Crippen LogP contribution is 2.29. The Morgan fingerprint density at radius 2 is 2.05 bits per heavy atom. The monoisotopic (exact) mass is 318 g/mol. The summed E-state index contributed by atoms with van der Waals surface area (Å²) >= 11 is 0. The van der Waals surface area contributed by atoms with Crippen LogP contribution in [0.4, 0.5) is 18.9 Å². The number of methoxy groups -OCH3 is 1. The second-order valence-corrected chi connectivity index (χ2v) is 4.52.